The van der Waals surface area contributed by atoms with Crippen LogP contribution in [0.1, 0.15) is 34.3 Å². The van der Waals surface area contributed by atoms with E-state index in [1.54, 1.807) is 41.3 Å². The van der Waals surface area contributed by atoms with Crippen molar-refractivity contribution in [2.24, 2.45) is 11.8 Å². The van der Waals surface area contributed by atoms with E-state index in [4.69, 9.17) is 4.42 Å². The molecule has 1 aliphatic heterocycles. The molecule has 1 aromatic carbocycles. The Hall–Kier alpha value is -3.09. The van der Waals surface area contributed by atoms with Gasteiger partial charge >= 0.3 is 5.97 Å². The Bertz CT molecular complexity index is 815. The number of carboxylic acids is 1. The molecule has 1 aromatic heterocycles. The van der Waals surface area contributed by atoms with E-state index in [2.05, 4.69) is 5.32 Å². The zero-order chi connectivity index (χ0) is 18.7. The first-order valence-corrected chi connectivity index (χ1v) is 8.42. The predicted octanol–water partition coefficient (Wildman–Crippen LogP) is 2.71. The average molecular weight is 356 g/mol. The second-order valence-electron chi connectivity index (χ2n) is 6.47. The van der Waals surface area contributed by atoms with Crippen LogP contribution < -0.4 is 5.32 Å². The summed E-state index contributed by atoms with van der Waals surface area (Å²) < 4.78 is 5.05. The van der Waals surface area contributed by atoms with E-state index in [0.717, 1.165) is 0 Å². The highest BCUT2D eigenvalue weighted by Gasteiger charge is 2.33. The van der Waals surface area contributed by atoms with Gasteiger partial charge in [0, 0.05) is 24.3 Å². The standard InChI is InChI=1S/C19H20N2O5/c1-12-11-21(8-7-15(12)19(24)25)18(23)13-4-2-5-14(10-13)20-17(22)16-6-3-9-26-16/h2-6,9-10,12,15H,7-8,11H2,1H3,(H,20,22)(H,24,25). The Morgan fingerprint density at radius 3 is 2.69 bits per heavy atom. The summed E-state index contributed by atoms with van der Waals surface area (Å²) in [7, 11) is 0. The lowest BCUT2D eigenvalue weighted by Gasteiger charge is -2.35. The third-order valence-corrected chi connectivity index (χ3v) is 4.62. The van der Waals surface area contributed by atoms with Crippen LogP contribution in [0.4, 0.5) is 5.69 Å². The zero-order valence-corrected chi connectivity index (χ0v) is 14.3. The first-order valence-electron chi connectivity index (χ1n) is 8.42. The van der Waals surface area contributed by atoms with Crippen LogP contribution in [0, 0.1) is 11.8 Å². The smallest absolute Gasteiger partial charge is 0.306 e. The molecule has 0 spiro atoms. The molecule has 1 fully saturated rings. The summed E-state index contributed by atoms with van der Waals surface area (Å²) in [4.78, 5) is 37.6. The molecule has 0 bridgehead atoms. The molecule has 2 heterocycles. The fraction of sp³-hybridized carbons (Fsp3) is 0.316. The number of carbonyl (C=O) groups is 3. The number of amides is 2. The van der Waals surface area contributed by atoms with Gasteiger partial charge in [0.1, 0.15) is 0 Å². The van der Waals surface area contributed by atoms with Crippen molar-refractivity contribution in [2.75, 3.05) is 18.4 Å². The molecule has 1 saturated heterocycles. The van der Waals surface area contributed by atoms with Crippen LogP contribution in [0.2, 0.25) is 0 Å². The van der Waals surface area contributed by atoms with E-state index in [-0.39, 0.29) is 17.6 Å². The Balaban J connectivity index is 1.69. The monoisotopic (exact) mass is 356 g/mol. The number of hydrogen-bond acceptors (Lipinski definition) is 4. The van der Waals surface area contributed by atoms with Gasteiger partial charge in [0.15, 0.2) is 5.76 Å². The highest BCUT2D eigenvalue weighted by atomic mass is 16.4. The SMILES string of the molecule is CC1CN(C(=O)c2cccc(NC(=O)c3ccco3)c2)CCC1C(=O)O. The molecule has 7 heteroatoms. The normalized spacial score (nSPS) is 19.8. The van der Waals surface area contributed by atoms with Crippen LogP contribution in [0.15, 0.2) is 47.1 Å². The number of furan rings is 1. The molecule has 26 heavy (non-hydrogen) atoms. The minimum atomic E-state index is -0.813. The number of carbonyl (C=O) groups excluding carboxylic acids is 2. The zero-order valence-electron chi connectivity index (χ0n) is 14.3. The van der Waals surface area contributed by atoms with E-state index >= 15 is 0 Å². The second kappa shape index (κ2) is 7.43. The third-order valence-electron chi connectivity index (χ3n) is 4.62. The van der Waals surface area contributed by atoms with Crippen molar-refractivity contribution in [1.82, 2.24) is 4.90 Å². The van der Waals surface area contributed by atoms with Gasteiger partial charge in [-0.1, -0.05) is 13.0 Å². The maximum Gasteiger partial charge on any atom is 0.306 e. The van der Waals surface area contributed by atoms with Crippen LogP contribution in [0.25, 0.3) is 0 Å². The minimum absolute atomic E-state index is 0.105. The molecule has 2 aromatic rings. The largest absolute Gasteiger partial charge is 0.481 e. The van der Waals surface area contributed by atoms with Crippen LogP contribution in [0.3, 0.4) is 0 Å². The van der Waals surface area contributed by atoms with Crippen LogP contribution in [-0.2, 0) is 4.79 Å². The summed E-state index contributed by atoms with van der Waals surface area (Å²) in [6, 6.07) is 9.85. The number of nitrogens with zero attached hydrogens (tertiary/aromatic N) is 1. The summed E-state index contributed by atoms with van der Waals surface area (Å²) in [6.07, 6.45) is 1.86. The van der Waals surface area contributed by atoms with Gasteiger partial charge in [-0.2, -0.15) is 0 Å². The number of nitrogens with one attached hydrogen (secondary N) is 1. The van der Waals surface area contributed by atoms with Crippen molar-refractivity contribution in [2.45, 2.75) is 13.3 Å². The van der Waals surface area contributed by atoms with Crippen LogP contribution in [-0.4, -0.2) is 40.9 Å². The number of rotatable bonds is 4. The number of benzene rings is 1. The van der Waals surface area contributed by atoms with Crippen molar-refractivity contribution in [3.05, 3.63) is 54.0 Å². The lowest BCUT2D eigenvalue weighted by Crippen LogP contribution is -2.45. The molecule has 0 aliphatic carbocycles. The highest BCUT2D eigenvalue weighted by Crippen LogP contribution is 2.25. The number of likely N-dealkylation sites (tertiary alicyclic amines) is 1. The van der Waals surface area contributed by atoms with Crippen molar-refractivity contribution < 1.29 is 23.9 Å². The molecule has 136 valence electrons. The van der Waals surface area contributed by atoms with Crippen LogP contribution >= 0.6 is 0 Å². The van der Waals surface area contributed by atoms with Gasteiger partial charge in [0.2, 0.25) is 0 Å². The Morgan fingerprint density at radius 2 is 2.04 bits per heavy atom. The molecular formula is C19H20N2O5. The maximum absolute atomic E-state index is 12.7. The predicted molar refractivity (Wildman–Crippen MR) is 93.9 cm³/mol. The summed E-state index contributed by atoms with van der Waals surface area (Å²) >= 11 is 0. The first kappa shape index (κ1) is 17.7. The van der Waals surface area contributed by atoms with Gasteiger partial charge in [-0.3, -0.25) is 14.4 Å². The van der Waals surface area contributed by atoms with Gasteiger partial charge in [-0.05, 0) is 42.7 Å². The fourth-order valence-electron chi connectivity index (χ4n) is 3.21. The maximum atomic E-state index is 12.7. The van der Waals surface area contributed by atoms with Gasteiger partial charge < -0.3 is 19.7 Å². The minimum Gasteiger partial charge on any atom is -0.481 e. The number of aliphatic carboxylic acids is 1. The Morgan fingerprint density at radius 1 is 1.23 bits per heavy atom. The fourth-order valence-corrected chi connectivity index (χ4v) is 3.21. The average Bonchev–Trinajstić information content (AvgIpc) is 3.15. The van der Waals surface area contributed by atoms with Crippen molar-refractivity contribution in [3.8, 4) is 0 Å². The molecule has 0 radical (unpaired) electrons. The topological polar surface area (TPSA) is 99.9 Å². The van der Waals surface area contributed by atoms with Gasteiger partial charge in [-0.15, -0.1) is 0 Å². The van der Waals surface area contributed by atoms with Gasteiger partial charge in [-0.25, -0.2) is 0 Å². The number of anilines is 1. The Labute approximate surface area is 150 Å². The molecule has 2 unspecified atom stereocenters. The van der Waals surface area contributed by atoms with Crippen molar-refractivity contribution >= 4 is 23.5 Å². The van der Waals surface area contributed by atoms with Crippen LogP contribution in [0.5, 0.6) is 0 Å². The van der Waals surface area contributed by atoms with Gasteiger partial charge in [0.25, 0.3) is 11.8 Å². The van der Waals surface area contributed by atoms with Gasteiger partial charge in [0.05, 0.1) is 12.2 Å². The van der Waals surface area contributed by atoms with E-state index in [1.165, 1.54) is 6.26 Å². The molecular weight excluding hydrogens is 336 g/mol. The first-order chi connectivity index (χ1) is 12.5. The summed E-state index contributed by atoms with van der Waals surface area (Å²) in [5, 5.41) is 11.9. The number of carboxylic acid groups (broad SMARTS) is 1. The number of piperidine rings is 1. The summed E-state index contributed by atoms with van der Waals surface area (Å²) in [5.74, 6) is -1.71. The molecule has 2 atom stereocenters. The lowest BCUT2D eigenvalue weighted by molar-refractivity contribution is -0.145. The van der Waals surface area contributed by atoms with Crippen molar-refractivity contribution in [3.63, 3.8) is 0 Å². The summed E-state index contributed by atoms with van der Waals surface area (Å²) in [6.45, 7) is 2.65. The lowest BCUT2D eigenvalue weighted by atomic mass is 9.87. The molecule has 2 amide bonds. The second-order valence-corrected chi connectivity index (χ2v) is 6.47. The molecule has 2 N–H and O–H groups in total. The van der Waals surface area contributed by atoms with E-state index in [1.807, 2.05) is 6.92 Å². The van der Waals surface area contributed by atoms with Crippen molar-refractivity contribution in [1.29, 1.82) is 0 Å². The Kier molecular flexibility index (Phi) is 5.06. The highest BCUT2D eigenvalue weighted by molar-refractivity contribution is 6.03. The quantitative estimate of drug-likeness (QED) is 0.877. The van der Waals surface area contributed by atoms with E-state index in [0.29, 0.717) is 30.8 Å². The molecule has 0 saturated carbocycles. The molecule has 7 nitrogen and oxygen atoms in total. The molecule has 3 rings (SSSR count). The molecule has 1 aliphatic rings. The summed E-state index contributed by atoms with van der Waals surface area (Å²) in [5.41, 5.74) is 0.939. The van der Waals surface area contributed by atoms with E-state index < -0.39 is 17.8 Å². The third kappa shape index (κ3) is 3.77. The van der Waals surface area contributed by atoms with E-state index in [9.17, 15) is 19.5 Å². The number of hydrogen-bond donors (Lipinski definition) is 2.